The molecule has 1 aliphatic heterocycles. The molecule has 10 heteroatoms. The van der Waals surface area contributed by atoms with E-state index in [-0.39, 0.29) is 12.2 Å². The molecule has 1 saturated carbocycles. The first-order valence-electron chi connectivity index (χ1n) is 11.4. The van der Waals surface area contributed by atoms with Crippen molar-refractivity contribution in [2.75, 3.05) is 18.0 Å². The molecule has 10 nitrogen and oxygen atoms in total. The quantitative estimate of drug-likeness (QED) is 0.473. The van der Waals surface area contributed by atoms with E-state index in [2.05, 4.69) is 32.9 Å². The fraction of sp³-hybridized carbons (Fsp3) is 0.478. The van der Waals surface area contributed by atoms with Gasteiger partial charge < -0.3 is 9.64 Å². The van der Waals surface area contributed by atoms with Crippen molar-refractivity contribution in [2.24, 2.45) is 7.05 Å². The van der Waals surface area contributed by atoms with Crippen molar-refractivity contribution in [3.05, 3.63) is 41.6 Å². The van der Waals surface area contributed by atoms with Gasteiger partial charge in [-0.05, 0) is 39.7 Å². The van der Waals surface area contributed by atoms with Gasteiger partial charge in [0.05, 0.1) is 42.0 Å². The Morgan fingerprint density at radius 1 is 1.00 bits per heavy atom. The van der Waals surface area contributed by atoms with Crippen molar-refractivity contribution in [3.63, 3.8) is 0 Å². The number of fused-ring (bicyclic) bond motifs is 1. The summed E-state index contributed by atoms with van der Waals surface area (Å²) in [6.07, 6.45) is 8.16. The number of nitrogens with zero attached hydrogens (tertiary/aromatic N) is 9. The van der Waals surface area contributed by atoms with Crippen molar-refractivity contribution in [1.82, 2.24) is 39.5 Å². The van der Waals surface area contributed by atoms with Crippen molar-refractivity contribution >= 4 is 17.1 Å². The van der Waals surface area contributed by atoms with E-state index in [0.717, 1.165) is 28.3 Å². The molecule has 5 heterocycles. The van der Waals surface area contributed by atoms with Crippen LogP contribution in [-0.2, 0) is 11.8 Å². The maximum absolute atomic E-state index is 6.29. The maximum Gasteiger partial charge on any atom is 0.228 e. The molecule has 2 aliphatic rings. The Balaban J connectivity index is 1.41. The maximum atomic E-state index is 6.29. The van der Waals surface area contributed by atoms with Crippen LogP contribution in [0.3, 0.4) is 0 Å². The van der Waals surface area contributed by atoms with Gasteiger partial charge in [0, 0.05) is 31.5 Å². The number of anilines is 1. The van der Waals surface area contributed by atoms with Crippen LogP contribution in [-0.4, -0.2) is 58.7 Å². The number of hydrogen-bond donors (Lipinski definition) is 0. The van der Waals surface area contributed by atoms with E-state index in [1.165, 1.54) is 12.8 Å². The highest BCUT2D eigenvalue weighted by molar-refractivity contribution is 5.87. The summed E-state index contributed by atoms with van der Waals surface area (Å²) in [6, 6.07) is 2.49. The van der Waals surface area contributed by atoms with Crippen LogP contribution in [0.15, 0.2) is 24.7 Å². The van der Waals surface area contributed by atoms with Gasteiger partial charge in [0.1, 0.15) is 17.3 Å². The van der Waals surface area contributed by atoms with Crippen LogP contribution in [0.1, 0.15) is 48.9 Å². The fourth-order valence-corrected chi connectivity index (χ4v) is 4.38. The third kappa shape index (κ3) is 3.64. The van der Waals surface area contributed by atoms with Gasteiger partial charge in [-0.25, -0.2) is 15.0 Å². The molecule has 6 rings (SSSR count). The highest BCUT2D eigenvalue weighted by Crippen LogP contribution is 2.36. The SMILES string of the molecule is Cc1nc2nc(N3CC(C)OC(c4cnn(C5CC5)c4)C3)nc(-c3ccnn3C)c2nc1C. The normalized spacial score (nSPS) is 21.2. The molecule has 4 aromatic rings. The van der Waals surface area contributed by atoms with Crippen LogP contribution in [0.25, 0.3) is 22.6 Å². The van der Waals surface area contributed by atoms with Gasteiger partial charge in [-0.1, -0.05) is 0 Å². The monoisotopic (exact) mass is 445 g/mol. The zero-order chi connectivity index (χ0) is 22.7. The Morgan fingerprint density at radius 3 is 2.58 bits per heavy atom. The summed E-state index contributed by atoms with van der Waals surface area (Å²) >= 11 is 0. The average molecular weight is 446 g/mol. The molecule has 1 saturated heterocycles. The lowest BCUT2D eigenvalue weighted by Gasteiger charge is -2.36. The van der Waals surface area contributed by atoms with Gasteiger partial charge in [0.2, 0.25) is 5.95 Å². The summed E-state index contributed by atoms with van der Waals surface area (Å²) < 4.78 is 10.2. The summed E-state index contributed by atoms with van der Waals surface area (Å²) in [5.74, 6) is 0.631. The number of morpholine rings is 1. The van der Waals surface area contributed by atoms with Crippen molar-refractivity contribution in [1.29, 1.82) is 0 Å². The Labute approximate surface area is 191 Å². The van der Waals surface area contributed by atoms with Crippen LogP contribution in [0, 0.1) is 13.8 Å². The second kappa shape index (κ2) is 7.58. The van der Waals surface area contributed by atoms with E-state index in [1.54, 1.807) is 10.9 Å². The van der Waals surface area contributed by atoms with Crippen LogP contribution in [0.4, 0.5) is 5.95 Å². The molecule has 4 aromatic heterocycles. The zero-order valence-electron chi connectivity index (χ0n) is 19.3. The molecule has 2 atom stereocenters. The Morgan fingerprint density at radius 2 is 1.82 bits per heavy atom. The van der Waals surface area contributed by atoms with Crippen LogP contribution >= 0.6 is 0 Å². The predicted molar refractivity (Wildman–Crippen MR) is 123 cm³/mol. The molecular weight excluding hydrogens is 418 g/mol. The van der Waals surface area contributed by atoms with Crippen LogP contribution < -0.4 is 4.90 Å². The topological polar surface area (TPSA) is 99.7 Å². The number of ether oxygens (including phenoxy) is 1. The number of rotatable bonds is 4. The van der Waals surface area contributed by atoms with Gasteiger partial charge in [-0.2, -0.15) is 15.2 Å². The van der Waals surface area contributed by atoms with Crippen LogP contribution in [0.2, 0.25) is 0 Å². The second-order valence-corrected chi connectivity index (χ2v) is 9.10. The highest BCUT2D eigenvalue weighted by Gasteiger charge is 2.31. The fourth-order valence-electron chi connectivity index (χ4n) is 4.38. The average Bonchev–Trinajstić information content (AvgIpc) is 3.36. The molecule has 2 unspecified atom stereocenters. The Bertz CT molecular complexity index is 1340. The van der Waals surface area contributed by atoms with Gasteiger partial charge in [0.25, 0.3) is 0 Å². The largest absolute Gasteiger partial charge is 0.367 e. The van der Waals surface area contributed by atoms with Crippen molar-refractivity contribution in [2.45, 2.75) is 51.9 Å². The lowest BCUT2D eigenvalue weighted by Crippen LogP contribution is -2.43. The molecule has 33 heavy (non-hydrogen) atoms. The van der Waals surface area contributed by atoms with Gasteiger partial charge in [-0.3, -0.25) is 9.36 Å². The molecule has 2 fully saturated rings. The number of aromatic nitrogens is 8. The lowest BCUT2D eigenvalue weighted by molar-refractivity contribution is -0.0178. The zero-order valence-corrected chi connectivity index (χ0v) is 19.3. The number of aryl methyl sites for hydroxylation is 3. The summed E-state index contributed by atoms with van der Waals surface area (Å²) in [4.78, 5) is 21.5. The van der Waals surface area contributed by atoms with Crippen LogP contribution in [0.5, 0.6) is 0 Å². The van der Waals surface area contributed by atoms with E-state index in [4.69, 9.17) is 24.7 Å². The van der Waals surface area contributed by atoms with E-state index in [1.807, 2.05) is 33.2 Å². The molecule has 0 radical (unpaired) electrons. The molecule has 0 N–H and O–H groups in total. The Hall–Kier alpha value is -3.40. The first kappa shape index (κ1) is 20.2. The van der Waals surface area contributed by atoms with Gasteiger partial charge in [0.15, 0.2) is 5.65 Å². The molecule has 0 aromatic carbocycles. The van der Waals surface area contributed by atoms with Gasteiger partial charge >= 0.3 is 0 Å². The minimum atomic E-state index is -0.0912. The summed E-state index contributed by atoms with van der Waals surface area (Å²) in [5, 5.41) is 8.88. The summed E-state index contributed by atoms with van der Waals surface area (Å²) in [6.45, 7) is 7.34. The van der Waals surface area contributed by atoms with E-state index in [0.29, 0.717) is 36.2 Å². The smallest absolute Gasteiger partial charge is 0.228 e. The third-order valence-corrected chi connectivity index (χ3v) is 6.45. The summed E-state index contributed by atoms with van der Waals surface area (Å²) in [5.41, 5.74) is 5.73. The first-order chi connectivity index (χ1) is 16.0. The minimum absolute atomic E-state index is 0.0262. The molecule has 0 bridgehead atoms. The molecule has 170 valence electrons. The third-order valence-electron chi connectivity index (χ3n) is 6.45. The van der Waals surface area contributed by atoms with Gasteiger partial charge in [-0.15, -0.1) is 0 Å². The second-order valence-electron chi connectivity index (χ2n) is 9.10. The molecular formula is C23H27N9O. The van der Waals surface area contributed by atoms with E-state index >= 15 is 0 Å². The minimum Gasteiger partial charge on any atom is -0.367 e. The predicted octanol–water partition coefficient (Wildman–Crippen LogP) is 2.93. The standard InChI is InChI=1S/C23H27N9O/c1-13-10-31(12-19(33-13)16-9-25-32(11-16)17-5-6-17)23-28-20(18-7-8-24-30(18)4)21-22(29-23)27-15(3)14(2)26-21/h7-9,11,13,17,19H,5-6,10,12H2,1-4H3. The first-order valence-corrected chi connectivity index (χ1v) is 11.4. The lowest BCUT2D eigenvalue weighted by atomic mass is 10.1. The molecule has 0 spiro atoms. The molecule has 1 aliphatic carbocycles. The van der Waals surface area contributed by atoms with Crippen molar-refractivity contribution < 1.29 is 4.74 Å². The molecule has 0 amide bonds. The Kier molecular flexibility index (Phi) is 4.65. The van der Waals surface area contributed by atoms with E-state index in [9.17, 15) is 0 Å². The van der Waals surface area contributed by atoms with E-state index < -0.39 is 0 Å². The number of hydrogen-bond acceptors (Lipinski definition) is 8. The van der Waals surface area contributed by atoms with Crippen molar-refractivity contribution in [3.8, 4) is 11.4 Å². The highest BCUT2D eigenvalue weighted by atomic mass is 16.5. The summed E-state index contributed by atoms with van der Waals surface area (Å²) in [7, 11) is 1.90.